The summed E-state index contributed by atoms with van der Waals surface area (Å²) < 4.78 is 45.5. The van der Waals surface area contributed by atoms with Gasteiger partial charge in [0.25, 0.3) is 5.91 Å². The van der Waals surface area contributed by atoms with Gasteiger partial charge in [0.1, 0.15) is 27.2 Å². The second-order valence-electron chi connectivity index (χ2n) is 7.14. The average molecular weight is 426 g/mol. The van der Waals surface area contributed by atoms with Gasteiger partial charge in [0.05, 0.1) is 0 Å². The quantitative estimate of drug-likeness (QED) is 0.353. The Kier molecular flexibility index (Phi) is 8.29. The normalized spacial score (nSPS) is 20.6. The highest BCUT2D eigenvalue weighted by Crippen LogP contribution is 2.19. The fraction of sp³-hybridized carbons (Fsp3) is 0.667. The highest BCUT2D eigenvalue weighted by Gasteiger charge is 2.38. The first-order valence-electron chi connectivity index (χ1n) is 8.51. The molecule has 1 aliphatic rings. The summed E-state index contributed by atoms with van der Waals surface area (Å²) in [4.78, 5) is 37.3. The molecule has 9 nitrogen and oxygen atoms in total. The van der Waals surface area contributed by atoms with Crippen molar-refractivity contribution in [3.63, 3.8) is 0 Å². The zero-order valence-electron chi connectivity index (χ0n) is 15.8. The lowest BCUT2D eigenvalue weighted by molar-refractivity contribution is -0.127. The number of carbonyl (C=O) groups is 3. The molecule has 1 fully saturated rings. The number of halogens is 3. The summed E-state index contributed by atoms with van der Waals surface area (Å²) in [5.74, 6) is -0.686. The molecule has 0 bridgehead atoms. The van der Waals surface area contributed by atoms with Crippen molar-refractivity contribution in [1.82, 2.24) is 15.8 Å². The van der Waals surface area contributed by atoms with E-state index >= 15 is 0 Å². The molecule has 0 aliphatic carbocycles. The molecule has 2 atom stereocenters. The van der Waals surface area contributed by atoms with Crippen molar-refractivity contribution in [2.24, 2.45) is 5.40 Å². The highest BCUT2D eigenvalue weighted by atomic mass is 28.3. The summed E-state index contributed by atoms with van der Waals surface area (Å²) in [6.45, 7) is 4.43. The summed E-state index contributed by atoms with van der Waals surface area (Å²) in [6.07, 6.45) is -5.26. The van der Waals surface area contributed by atoms with Crippen molar-refractivity contribution in [1.29, 1.82) is 0 Å². The SMILES string of the molecule is CC(C)(C)OC(=O)N1C[Si@@H](N)CC[C@@H]1C(=O)NNC(=O)OC/C=C/C(F)(F)F. The van der Waals surface area contributed by atoms with Gasteiger partial charge >= 0.3 is 18.4 Å². The van der Waals surface area contributed by atoms with Gasteiger partial charge in [-0.1, -0.05) is 0 Å². The van der Waals surface area contributed by atoms with Crippen LogP contribution in [0.3, 0.4) is 0 Å². The Labute approximate surface area is 162 Å². The minimum Gasteiger partial charge on any atom is -0.444 e. The van der Waals surface area contributed by atoms with Gasteiger partial charge < -0.3 is 14.9 Å². The Hall–Kier alpha value is -2.28. The third kappa shape index (κ3) is 9.08. The zero-order chi connectivity index (χ0) is 21.5. The first-order valence-corrected chi connectivity index (χ1v) is 10.8. The van der Waals surface area contributed by atoms with Crippen LogP contribution >= 0.6 is 0 Å². The molecule has 0 aromatic rings. The average Bonchev–Trinajstić information content (AvgIpc) is 2.54. The molecule has 13 heteroatoms. The molecule has 28 heavy (non-hydrogen) atoms. The maximum absolute atomic E-state index is 12.3. The van der Waals surface area contributed by atoms with Crippen LogP contribution < -0.4 is 16.3 Å². The molecule has 0 unspecified atom stereocenters. The number of alkyl halides is 3. The van der Waals surface area contributed by atoms with Crippen molar-refractivity contribution >= 4 is 27.1 Å². The van der Waals surface area contributed by atoms with Gasteiger partial charge in [0.15, 0.2) is 0 Å². The van der Waals surface area contributed by atoms with Gasteiger partial charge in [-0.25, -0.2) is 15.0 Å². The monoisotopic (exact) mass is 426 g/mol. The van der Waals surface area contributed by atoms with Crippen molar-refractivity contribution in [2.45, 2.75) is 51.1 Å². The Morgan fingerprint density at radius 1 is 1.25 bits per heavy atom. The lowest BCUT2D eigenvalue weighted by Gasteiger charge is -2.37. The maximum Gasteiger partial charge on any atom is 0.426 e. The van der Waals surface area contributed by atoms with Crippen molar-refractivity contribution in [3.05, 3.63) is 12.2 Å². The van der Waals surface area contributed by atoms with E-state index in [1.54, 1.807) is 20.8 Å². The number of hydrazine groups is 1. The van der Waals surface area contributed by atoms with Gasteiger partial charge in [-0.3, -0.25) is 15.1 Å². The van der Waals surface area contributed by atoms with Crippen molar-refractivity contribution in [3.8, 4) is 0 Å². The highest BCUT2D eigenvalue weighted by molar-refractivity contribution is 6.56. The standard InChI is InChI=1S/C15H25F3N4O5Si/c1-14(2,3)27-13(25)22-9-28(19)8-5-10(22)11(23)20-21-12(24)26-7-4-6-15(16,17)18/h4,6,10,28H,5,7-9,19H2,1-3H3,(H,20,23)(H,21,24)/b6-4+/t10-,28+/m1/s1. The Morgan fingerprint density at radius 3 is 2.46 bits per heavy atom. The first-order chi connectivity index (χ1) is 12.8. The number of hydrogen-bond acceptors (Lipinski definition) is 6. The summed E-state index contributed by atoms with van der Waals surface area (Å²) in [6, 6.07) is -0.281. The molecule has 1 aliphatic heterocycles. The summed E-state index contributed by atoms with van der Waals surface area (Å²) >= 11 is 0. The van der Waals surface area contributed by atoms with E-state index in [0.717, 1.165) is 0 Å². The molecule has 1 saturated heterocycles. The lowest BCUT2D eigenvalue weighted by Crippen LogP contribution is -2.60. The minimum atomic E-state index is -4.51. The Balaban J connectivity index is 2.56. The van der Waals surface area contributed by atoms with Gasteiger partial charge in [-0.2, -0.15) is 13.2 Å². The molecule has 0 aromatic carbocycles. The molecule has 0 saturated carbocycles. The van der Waals surface area contributed by atoms with Crippen LogP contribution in [0.25, 0.3) is 0 Å². The summed E-state index contributed by atoms with van der Waals surface area (Å²) in [5, 5.41) is 5.99. The molecule has 0 spiro atoms. The number of ether oxygens (including phenoxy) is 2. The zero-order valence-corrected chi connectivity index (χ0v) is 17.0. The fourth-order valence-corrected chi connectivity index (χ4v) is 4.17. The number of hydrogen-bond donors (Lipinski definition) is 3. The second-order valence-corrected chi connectivity index (χ2v) is 9.61. The molecular weight excluding hydrogens is 401 g/mol. The summed E-state index contributed by atoms with van der Waals surface area (Å²) in [5.41, 5.74) is 3.25. The molecule has 3 amide bonds. The van der Waals surface area contributed by atoms with Gasteiger partial charge in [-0.05, 0) is 39.3 Å². The van der Waals surface area contributed by atoms with Crippen LogP contribution in [0.5, 0.6) is 0 Å². The van der Waals surface area contributed by atoms with Crippen LogP contribution in [0.1, 0.15) is 27.2 Å². The molecule has 1 rings (SSSR count). The van der Waals surface area contributed by atoms with E-state index < -0.39 is 51.5 Å². The third-order valence-electron chi connectivity index (χ3n) is 3.45. The predicted molar refractivity (Wildman–Crippen MR) is 95.3 cm³/mol. The lowest BCUT2D eigenvalue weighted by atomic mass is 10.2. The predicted octanol–water partition coefficient (Wildman–Crippen LogP) is 1.09. The fourth-order valence-electron chi connectivity index (χ4n) is 2.33. The summed E-state index contributed by atoms with van der Waals surface area (Å²) in [7, 11) is -1.70. The Morgan fingerprint density at radius 2 is 1.89 bits per heavy atom. The van der Waals surface area contributed by atoms with Crippen LogP contribution in [0, 0.1) is 0 Å². The Bertz CT molecular complexity index is 609. The van der Waals surface area contributed by atoms with Crippen LogP contribution in [0.2, 0.25) is 6.04 Å². The van der Waals surface area contributed by atoms with E-state index in [2.05, 4.69) is 10.2 Å². The third-order valence-corrected chi connectivity index (χ3v) is 5.39. The number of nitrogens with two attached hydrogens (primary N) is 1. The number of rotatable bonds is 3. The van der Waals surface area contributed by atoms with Crippen molar-refractivity contribution < 1.29 is 37.0 Å². The molecule has 4 N–H and O–H groups in total. The van der Waals surface area contributed by atoms with Gasteiger partial charge in [0.2, 0.25) is 0 Å². The van der Waals surface area contributed by atoms with E-state index in [1.807, 2.05) is 5.43 Å². The molecule has 0 aromatic heterocycles. The maximum atomic E-state index is 12.3. The van der Waals surface area contributed by atoms with Crippen LogP contribution in [0.4, 0.5) is 22.8 Å². The molecule has 160 valence electrons. The topological polar surface area (TPSA) is 123 Å². The van der Waals surface area contributed by atoms with E-state index in [0.29, 0.717) is 18.5 Å². The van der Waals surface area contributed by atoms with Crippen LogP contribution in [0.15, 0.2) is 12.2 Å². The van der Waals surface area contributed by atoms with Crippen LogP contribution in [-0.4, -0.2) is 62.5 Å². The first kappa shape index (κ1) is 23.8. The minimum absolute atomic E-state index is 0.0767. The van der Waals surface area contributed by atoms with Gasteiger partial charge in [0, 0.05) is 12.2 Å². The number of carbonyl (C=O) groups excluding carboxylic acids is 3. The van der Waals surface area contributed by atoms with Gasteiger partial charge in [-0.15, -0.1) is 0 Å². The van der Waals surface area contributed by atoms with E-state index in [1.165, 1.54) is 4.90 Å². The van der Waals surface area contributed by atoms with E-state index in [-0.39, 0.29) is 12.2 Å². The molecule has 0 radical (unpaired) electrons. The number of allylic oxidation sites excluding steroid dienone is 1. The number of amides is 3. The van der Waals surface area contributed by atoms with Crippen molar-refractivity contribution in [2.75, 3.05) is 12.8 Å². The number of nitrogens with zero attached hydrogens (tertiary/aromatic N) is 1. The molecular formula is C15H25F3N4O5Si. The van der Waals surface area contributed by atoms with E-state index in [9.17, 15) is 27.6 Å². The second kappa shape index (κ2) is 9.77. The van der Waals surface area contributed by atoms with Crippen LogP contribution in [-0.2, 0) is 14.3 Å². The molecule has 1 heterocycles. The number of nitrogens with one attached hydrogen (secondary N) is 2. The largest absolute Gasteiger partial charge is 0.444 e. The smallest absolute Gasteiger partial charge is 0.426 e. The van der Waals surface area contributed by atoms with E-state index in [4.69, 9.17) is 10.1 Å².